The van der Waals surface area contributed by atoms with Crippen LogP contribution in [0.5, 0.6) is 0 Å². The molecule has 0 bridgehead atoms. The molecular formula is C17H21F3N2O. The van der Waals surface area contributed by atoms with Gasteiger partial charge in [-0.1, -0.05) is 18.6 Å². The maximum atomic E-state index is 13.0. The van der Waals surface area contributed by atoms with E-state index in [1.165, 1.54) is 6.07 Å². The second-order valence-corrected chi connectivity index (χ2v) is 6.96. The van der Waals surface area contributed by atoms with Crippen LogP contribution in [0.4, 0.5) is 13.2 Å². The Hall–Kier alpha value is -1.56. The molecule has 1 aromatic rings. The lowest BCUT2D eigenvalue weighted by Gasteiger charge is -2.22. The molecule has 0 radical (unpaired) electrons. The van der Waals surface area contributed by atoms with Crippen molar-refractivity contribution in [3.05, 3.63) is 34.9 Å². The minimum Gasteiger partial charge on any atom is -0.345 e. The van der Waals surface area contributed by atoms with Crippen molar-refractivity contribution < 1.29 is 18.0 Å². The number of amides is 1. The van der Waals surface area contributed by atoms with Gasteiger partial charge < -0.3 is 10.6 Å². The molecule has 3 nitrogen and oxygen atoms in total. The third-order valence-corrected chi connectivity index (χ3v) is 4.74. The summed E-state index contributed by atoms with van der Waals surface area (Å²) in [7, 11) is 0. The van der Waals surface area contributed by atoms with Crippen molar-refractivity contribution in [2.45, 2.75) is 50.9 Å². The number of aryl methyl sites for hydroxylation is 1. The first-order chi connectivity index (χ1) is 10.7. The van der Waals surface area contributed by atoms with Gasteiger partial charge in [0.2, 0.25) is 5.91 Å². The van der Waals surface area contributed by atoms with Crippen LogP contribution < -0.4 is 10.6 Å². The van der Waals surface area contributed by atoms with Gasteiger partial charge in [0, 0.05) is 0 Å². The number of carbonyl (C=O) groups excluding carboxylic acids is 1. The van der Waals surface area contributed by atoms with Gasteiger partial charge in [-0.25, -0.2) is 0 Å². The van der Waals surface area contributed by atoms with Crippen LogP contribution in [0.2, 0.25) is 0 Å². The fourth-order valence-corrected chi connectivity index (χ4v) is 3.27. The van der Waals surface area contributed by atoms with E-state index in [0.717, 1.165) is 19.0 Å². The van der Waals surface area contributed by atoms with Gasteiger partial charge in [0.15, 0.2) is 0 Å². The van der Waals surface area contributed by atoms with Crippen LogP contribution in [-0.2, 0) is 16.5 Å². The molecule has 2 aliphatic rings. The lowest BCUT2D eigenvalue weighted by atomic mass is 9.98. The molecule has 1 aliphatic heterocycles. The summed E-state index contributed by atoms with van der Waals surface area (Å²) in [5.74, 6) is 0.332. The zero-order valence-electron chi connectivity index (χ0n) is 13.3. The molecule has 2 N–H and O–H groups in total. The quantitative estimate of drug-likeness (QED) is 0.896. The molecule has 0 unspecified atom stereocenters. The van der Waals surface area contributed by atoms with Gasteiger partial charge in [-0.15, -0.1) is 0 Å². The molecule has 0 aromatic heterocycles. The number of halogens is 3. The van der Waals surface area contributed by atoms with Crippen LogP contribution in [-0.4, -0.2) is 18.5 Å². The number of benzene rings is 1. The monoisotopic (exact) mass is 326 g/mol. The lowest BCUT2D eigenvalue weighted by Crippen LogP contribution is -2.45. The predicted octanol–water partition coefficient (Wildman–Crippen LogP) is 3.12. The standard InChI is InChI=1S/C17H21F3N2O/c1-10-5-12(8-13(6-10)17(18,19)20)16(3-4-16)22-15(23)14-7-11(2)9-21-14/h5-6,8,11,14,21H,3-4,7,9H2,1-2H3,(H,22,23)/t11-,14+/m0/s1. The van der Waals surface area contributed by atoms with E-state index >= 15 is 0 Å². The molecule has 1 heterocycles. The first-order valence-electron chi connectivity index (χ1n) is 7.94. The van der Waals surface area contributed by atoms with Crippen LogP contribution in [0.15, 0.2) is 18.2 Å². The van der Waals surface area contributed by atoms with Crippen molar-refractivity contribution in [1.82, 2.24) is 10.6 Å². The summed E-state index contributed by atoms with van der Waals surface area (Å²) in [6.45, 7) is 4.52. The van der Waals surface area contributed by atoms with Gasteiger partial charge >= 0.3 is 6.18 Å². The minimum absolute atomic E-state index is 0.109. The highest BCUT2D eigenvalue weighted by atomic mass is 19.4. The van der Waals surface area contributed by atoms with Gasteiger partial charge in [0.25, 0.3) is 0 Å². The average molecular weight is 326 g/mol. The third kappa shape index (κ3) is 3.37. The smallest absolute Gasteiger partial charge is 0.345 e. The molecule has 6 heteroatoms. The third-order valence-electron chi connectivity index (χ3n) is 4.74. The van der Waals surface area contributed by atoms with Crippen LogP contribution in [0.3, 0.4) is 0 Å². The summed E-state index contributed by atoms with van der Waals surface area (Å²) in [6, 6.07) is 3.81. The highest BCUT2D eigenvalue weighted by Crippen LogP contribution is 2.47. The molecule has 23 heavy (non-hydrogen) atoms. The van der Waals surface area contributed by atoms with Crippen molar-refractivity contribution in [3.8, 4) is 0 Å². The number of carbonyl (C=O) groups is 1. The Kier molecular flexibility index (Phi) is 3.91. The number of rotatable bonds is 3. The maximum absolute atomic E-state index is 13.0. The van der Waals surface area contributed by atoms with E-state index in [1.807, 2.05) is 0 Å². The Morgan fingerprint density at radius 3 is 2.52 bits per heavy atom. The fraction of sp³-hybridized carbons (Fsp3) is 0.588. The predicted molar refractivity (Wildman–Crippen MR) is 80.8 cm³/mol. The van der Waals surface area contributed by atoms with E-state index in [-0.39, 0.29) is 11.9 Å². The van der Waals surface area contributed by atoms with E-state index < -0.39 is 17.3 Å². The molecule has 2 fully saturated rings. The molecular weight excluding hydrogens is 305 g/mol. The topological polar surface area (TPSA) is 41.1 Å². The lowest BCUT2D eigenvalue weighted by molar-refractivity contribution is -0.137. The second kappa shape index (κ2) is 5.51. The fourth-order valence-electron chi connectivity index (χ4n) is 3.27. The van der Waals surface area contributed by atoms with Crippen molar-refractivity contribution in [1.29, 1.82) is 0 Å². The highest BCUT2D eigenvalue weighted by Gasteiger charge is 2.48. The van der Waals surface area contributed by atoms with E-state index in [1.54, 1.807) is 13.0 Å². The first kappa shape index (κ1) is 16.3. The van der Waals surface area contributed by atoms with E-state index in [9.17, 15) is 18.0 Å². The van der Waals surface area contributed by atoms with E-state index in [4.69, 9.17) is 0 Å². The summed E-state index contributed by atoms with van der Waals surface area (Å²) in [4.78, 5) is 12.4. The first-order valence-corrected chi connectivity index (χ1v) is 7.94. The number of alkyl halides is 3. The summed E-state index contributed by atoms with van der Waals surface area (Å²) in [6.07, 6.45) is -2.24. The van der Waals surface area contributed by atoms with Crippen molar-refractivity contribution >= 4 is 5.91 Å². The zero-order valence-corrected chi connectivity index (χ0v) is 13.3. The number of hydrogen-bond acceptors (Lipinski definition) is 2. The van der Waals surface area contributed by atoms with Gasteiger partial charge in [-0.3, -0.25) is 4.79 Å². The largest absolute Gasteiger partial charge is 0.416 e. The summed E-state index contributed by atoms with van der Waals surface area (Å²) in [5.41, 5.74) is -0.163. The highest BCUT2D eigenvalue weighted by molar-refractivity contribution is 5.83. The molecule has 1 aliphatic carbocycles. The Labute approximate surface area is 133 Å². The molecule has 1 saturated heterocycles. The Bertz CT molecular complexity index is 623. The normalized spacial score (nSPS) is 26.1. The average Bonchev–Trinajstić information content (AvgIpc) is 3.10. The Morgan fingerprint density at radius 2 is 2.00 bits per heavy atom. The molecule has 3 rings (SSSR count). The van der Waals surface area contributed by atoms with Crippen LogP contribution in [0, 0.1) is 12.8 Å². The van der Waals surface area contributed by atoms with E-state index in [2.05, 4.69) is 17.6 Å². The van der Waals surface area contributed by atoms with Crippen molar-refractivity contribution in [3.63, 3.8) is 0 Å². The minimum atomic E-state index is -4.37. The Balaban J connectivity index is 1.81. The molecule has 2 atom stereocenters. The zero-order chi connectivity index (χ0) is 16.8. The van der Waals surface area contributed by atoms with Crippen LogP contribution >= 0.6 is 0 Å². The maximum Gasteiger partial charge on any atom is 0.416 e. The van der Waals surface area contributed by atoms with Crippen molar-refractivity contribution in [2.75, 3.05) is 6.54 Å². The van der Waals surface area contributed by atoms with Gasteiger partial charge in [0.1, 0.15) is 0 Å². The molecule has 1 saturated carbocycles. The molecule has 1 amide bonds. The molecule has 0 spiro atoms. The van der Waals surface area contributed by atoms with Crippen molar-refractivity contribution in [2.24, 2.45) is 5.92 Å². The second-order valence-electron chi connectivity index (χ2n) is 6.96. The molecule has 1 aromatic carbocycles. The van der Waals surface area contributed by atoms with Gasteiger partial charge in [0.05, 0.1) is 17.1 Å². The van der Waals surface area contributed by atoms with Crippen LogP contribution in [0.25, 0.3) is 0 Å². The summed E-state index contributed by atoms with van der Waals surface area (Å²) >= 11 is 0. The molecule has 126 valence electrons. The Morgan fingerprint density at radius 1 is 1.30 bits per heavy atom. The summed E-state index contributed by atoms with van der Waals surface area (Å²) < 4.78 is 39.0. The SMILES string of the molecule is Cc1cc(C(F)(F)F)cc(C2(NC(=O)[C@H]3C[C@H](C)CN3)CC2)c1. The number of hydrogen-bond donors (Lipinski definition) is 2. The van der Waals surface area contributed by atoms with Crippen LogP contribution in [0.1, 0.15) is 42.9 Å². The van der Waals surface area contributed by atoms with Gasteiger partial charge in [-0.2, -0.15) is 13.2 Å². The van der Waals surface area contributed by atoms with E-state index in [0.29, 0.717) is 29.9 Å². The summed E-state index contributed by atoms with van der Waals surface area (Å²) in [5, 5.41) is 6.15. The van der Waals surface area contributed by atoms with Gasteiger partial charge in [-0.05, 0) is 56.3 Å². The number of nitrogens with one attached hydrogen (secondary N) is 2.